The molecule has 9 heteroatoms. The van der Waals surface area contributed by atoms with Crippen molar-refractivity contribution >= 4 is 47.9 Å². The normalized spacial score (nSPS) is 15.6. The molecule has 1 heterocycles. The Bertz CT molecular complexity index is 1060. The summed E-state index contributed by atoms with van der Waals surface area (Å²) in [5, 5.41) is 10.8. The Labute approximate surface area is 180 Å². The van der Waals surface area contributed by atoms with Gasteiger partial charge < -0.3 is 11.5 Å². The first kappa shape index (κ1) is 22.6. The second-order valence-electron chi connectivity index (χ2n) is 6.94. The summed E-state index contributed by atoms with van der Waals surface area (Å²) < 4.78 is 0. The van der Waals surface area contributed by atoms with Gasteiger partial charge >= 0.3 is 0 Å². The molecule has 0 amide bonds. The Morgan fingerprint density at radius 2 is 1.63 bits per heavy atom. The highest BCUT2D eigenvalue weighted by Crippen LogP contribution is 2.28. The fraction of sp³-hybridized carbons (Fsp3) is 0.143. The van der Waals surface area contributed by atoms with Crippen LogP contribution in [0.4, 0.5) is 11.4 Å². The second kappa shape index (κ2) is 9.23. The number of nitro groups is 1. The Balaban J connectivity index is 0.00000320. The molecule has 2 aromatic rings. The number of rotatable bonds is 5. The molecular formula is C21H23ClN6O2. The van der Waals surface area contributed by atoms with E-state index in [0.29, 0.717) is 0 Å². The van der Waals surface area contributed by atoms with Crippen LogP contribution in [-0.2, 0) is 0 Å². The number of nitro benzene ring substituents is 1. The summed E-state index contributed by atoms with van der Waals surface area (Å²) in [6.45, 7) is 3.82. The van der Waals surface area contributed by atoms with E-state index in [-0.39, 0.29) is 30.0 Å². The monoisotopic (exact) mass is 426 g/mol. The summed E-state index contributed by atoms with van der Waals surface area (Å²) in [5.74, 6) is 0.445. The van der Waals surface area contributed by atoms with Crippen LogP contribution in [0.1, 0.15) is 25.0 Å². The topological polar surface area (TPSA) is 123 Å². The molecule has 0 aromatic heterocycles. The minimum atomic E-state index is -0.653. The summed E-state index contributed by atoms with van der Waals surface area (Å²) in [6, 6.07) is 14.2. The molecule has 4 N–H and O–H groups in total. The lowest BCUT2D eigenvalue weighted by atomic mass is 10.1. The molecule has 0 unspecified atom stereocenters. The van der Waals surface area contributed by atoms with Gasteiger partial charge in [0.05, 0.1) is 4.92 Å². The first-order valence-corrected chi connectivity index (χ1v) is 8.95. The van der Waals surface area contributed by atoms with E-state index in [4.69, 9.17) is 11.5 Å². The van der Waals surface area contributed by atoms with Gasteiger partial charge in [-0.2, -0.15) is 4.99 Å². The fourth-order valence-corrected chi connectivity index (χ4v) is 3.09. The van der Waals surface area contributed by atoms with Gasteiger partial charge in [0.15, 0.2) is 0 Å². The van der Waals surface area contributed by atoms with Crippen molar-refractivity contribution in [3.8, 4) is 0 Å². The van der Waals surface area contributed by atoms with Crippen LogP contribution in [0.25, 0.3) is 12.2 Å². The zero-order valence-electron chi connectivity index (χ0n) is 16.6. The van der Waals surface area contributed by atoms with E-state index >= 15 is 0 Å². The lowest BCUT2D eigenvalue weighted by molar-refractivity contribution is -0.384. The van der Waals surface area contributed by atoms with Crippen LogP contribution >= 0.6 is 12.4 Å². The largest absolute Gasteiger partial charge is 0.369 e. The number of guanidine groups is 2. The van der Waals surface area contributed by atoms with Crippen LogP contribution in [-0.4, -0.2) is 22.5 Å². The molecule has 0 atom stereocenters. The summed E-state index contributed by atoms with van der Waals surface area (Å²) in [7, 11) is 0. The van der Waals surface area contributed by atoms with E-state index < -0.39 is 10.6 Å². The number of nitrogens with two attached hydrogens (primary N) is 2. The molecular weight excluding hydrogens is 404 g/mol. The Morgan fingerprint density at radius 3 is 2.23 bits per heavy atom. The summed E-state index contributed by atoms with van der Waals surface area (Å²) in [6.07, 6.45) is 7.44. The molecule has 8 nitrogen and oxygen atoms in total. The van der Waals surface area contributed by atoms with Crippen molar-refractivity contribution < 1.29 is 4.92 Å². The van der Waals surface area contributed by atoms with Crippen LogP contribution in [0.15, 0.2) is 70.7 Å². The van der Waals surface area contributed by atoms with Gasteiger partial charge in [-0.15, -0.1) is 12.4 Å². The maximum atomic E-state index is 10.8. The average molecular weight is 427 g/mol. The molecule has 0 radical (unpaired) electrons. The lowest BCUT2D eigenvalue weighted by Gasteiger charge is -2.38. The number of anilines is 1. The Morgan fingerprint density at radius 1 is 1.03 bits per heavy atom. The minimum Gasteiger partial charge on any atom is -0.369 e. The zero-order valence-corrected chi connectivity index (χ0v) is 17.4. The highest BCUT2D eigenvalue weighted by atomic mass is 35.5. The van der Waals surface area contributed by atoms with Gasteiger partial charge in [0, 0.05) is 17.8 Å². The number of allylic oxidation sites excluding steroid dienone is 2. The van der Waals surface area contributed by atoms with Gasteiger partial charge in [-0.1, -0.05) is 48.6 Å². The number of nitrogens with zero attached hydrogens (tertiary/aromatic N) is 4. The molecule has 0 saturated heterocycles. The van der Waals surface area contributed by atoms with Crippen LogP contribution in [0, 0.1) is 10.1 Å². The zero-order chi connectivity index (χ0) is 21.0. The van der Waals surface area contributed by atoms with E-state index in [0.717, 1.165) is 16.8 Å². The van der Waals surface area contributed by atoms with Gasteiger partial charge in [-0.25, -0.2) is 4.99 Å². The van der Waals surface area contributed by atoms with Crippen LogP contribution in [0.2, 0.25) is 0 Å². The van der Waals surface area contributed by atoms with Gasteiger partial charge in [-0.3, -0.25) is 15.0 Å². The van der Waals surface area contributed by atoms with Crippen LogP contribution in [0.3, 0.4) is 0 Å². The van der Waals surface area contributed by atoms with Crippen molar-refractivity contribution in [2.75, 3.05) is 4.90 Å². The number of benzene rings is 2. The average Bonchev–Trinajstić information content (AvgIpc) is 2.64. The summed E-state index contributed by atoms with van der Waals surface area (Å²) in [4.78, 5) is 20.7. The van der Waals surface area contributed by atoms with Gasteiger partial charge in [0.2, 0.25) is 11.9 Å². The number of halogens is 1. The van der Waals surface area contributed by atoms with Gasteiger partial charge in [-0.05, 0) is 37.1 Å². The number of aliphatic imine (C=N–C) groups is 2. The first-order valence-electron chi connectivity index (χ1n) is 8.95. The lowest BCUT2D eigenvalue weighted by Crippen LogP contribution is -2.54. The maximum Gasteiger partial charge on any atom is 0.270 e. The minimum absolute atomic E-state index is 0. The molecule has 156 valence electrons. The maximum absolute atomic E-state index is 10.8. The molecule has 0 aliphatic carbocycles. The molecule has 3 rings (SSSR count). The first-order chi connectivity index (χ1) is 13.8. The smallest absolute Gasteiger partial charge is 0.270 e. The molecule has 1 aliphatic rings. The third-order valence-corrected chi connectivity index (χ3v) is 4.29. The second-order valence-corrected chi connectivity index (χ2v) is 6.94. The van der Waals surface area contributed by atoms with Crippen molar-refractivity contribution in [3.05, 3.63) is 81.9 Å². The number of non-ortho nitro benzene ring substituents is 1. The summed E-state index contributed by atoms with van der Waals surface area (Å²) in [5.41, 5.74) is 13.8. The van der Waals surface area contributed by atoms with Crippen molar-refractivity contribution in [2.45, 2.75) is 19.5 Å². The quantitative estimate of drug-likeness (QED) is 0.426. The Kier molecular flexibility index (Phi) is 6.97. The predicted octanol–water partition coefficient (Wildman–Crippen LogP) is 3.93. The molecule has 2 aromatic carbocycles. The highest BCUT2D eigenvalue weighted by molar-refractivity contribution is 6.05. The number of hydrogen-bond donors (Lipinski definition) is 2. The Hall–Kier alpha value is -3.65. The van der Waals surface area contributed by atoms with Crippen molar-refractivity contribution in [3.63, 3.8) is 0 Å². The van der Waals surface area contributed by atoms with E-state index in [1.165, 1.54) is 12.1 Å². The standard InChI is InChI=1S/C21H22N6O2.ClH/c1-21(2)25-19(22)24-20(23)26(21)17-11-5-9-15(13-17)7-3-4-8-16-10-6-12-18(14-16)27(28)29;/h3-14H,1-2H3,(H4,22,23,24,25);1H/b7-3+,8-4+;. The van der Waals surface area contributed by atoms with Crippen molar-refractivity contribution in [2.24, 2.45) is 21.5 Å². The molecule has 0 spiro atoms. The highest BCUT2D eigenvalue weighted by Gasteiger charge is 2.32. The summed E-state index contributed by atoms with van der Waals surface area (Å²) >= 11 is 0. The third-order valence-electron chi connectivity index (χ3n) is 4.29. The molecule has 1 aliphatic heterocycles. The van der Waals surface area contributed by atoms with E-state index in [2.05, 4.69) is 9.98 Å². The van der Waals surface area contributed by atoms with E-state index in [9.17, 15) is 10.1 Å². The molecule has 30 heavy (non-hydrogen) atoms. The van der Waals surface area contributed by atoms with Crippen molar-refractivity contribution in [1.82, 2.24) is 0 Å². The third kappa shape index (κ3) is 5.24. The molecule has 0 bridgehead atoms. The van der Waals surface area contributed by atoms with Crippen LogP contribution < -0.4 is 16.4 Å². The van der Waals surface area contributed by atoms with Gasteiger partial charge in [0.25, 0.3) is 5.69 Å². The molecule has 0 saturated carbocycles. The SMILES string of the molecule is CC1(C)N=C(N)N=C(N)N1c1cccc(/C=C/C=C/c2cccc([N+](=O)[O-])c2)c1.Cl. The van der Waals surface area contributed by atoms with Gasteiger partial charge in [0.1, 0.15) is 5.66 Å². The number of hydrogen-bond acceptors (Lipinski definition) is 7. The fourth-order valence-electron chi connectivity index (χ4n) is 3.09. The van der Waals surface area contributed by atoms with Crippen molar-refractivity contribution in [1.29, 1.82) is 0 Å². The van der Waals surface area contributed by atoms with E-state index in [1.54, 1.807) is 6.07 Å². The predicted molar refractivity (Wildman–Crippen MR) is 125 cm³/mol. The van der Waals surface area contributed by atoms with Crippen LogP contribution in [0.5, 0.6) is 0 Å². The van der Waals surface area contributed by atoms with E-state index in [1.807, 2.05) is 73.4 Å². The molecule has 0 fully saturated rings.